The number of rotatable bonds is 8. The molecule has 22 heavy (non-hydrogen) atoms. The molecule has 0 spiro atoms. The van der Waals surface area contributed by atoms with Crippen molar-refractivity contribution < 1.29 is 0 Å². The Labute approximate surface area is 135 Å². The molecule has 0 atom stereocenters. The number of fused-ring (bicyclic) bond motifs is 1. The van der Waals surface area contributed by atoms with Crippen LogP contribution in [0.5, 0.6) is 0 Å². The Hall–Kier alpha value is -1.77. The van der Waals surface area contributed by atoms with E-state index in [9.17, 15) is 0 Å². The van der Waals surface area contributed by atoms with Gasteiger partial charge in [0.05, 0.1) is 5.54 Å². The lowest BCUT2D eigenvalue weighted by Crippen LogP contribution is -2.63. The van der Waals surface area contributed by atoms with Crippen molar-refractivity contribution in [3.8, 4) is 0 Å². The monoisotopic (exact) mass is 299 g/mol. The van der Waals surface area contributed by atoms with Crippen molar-refractivity contribution in [2.24, 2.45) is 4.99 Å². The van der Waals surface area contributed by atoms with Crippen LogP contribution in [0.2, 0.25) is 0 Å². The lowest BCUT2D eigenvalue weighted by Gasteiger charge is -2.48. The first-order valence-electron chi connectivity index (χ1n) is 8.19. The van der Waals surface area contributed by atoms with Gasteiger partial charge in [0.2, 0.25) is 0 Å². The Morgan fingerprint density at radius 2 is 1.45 bits per heavy atom. The second-order valence-electron chi connectivity index (χ2n) is 6.52. The van der Waals surface area contributed by atoms with E-state index in [4.69, 9.17) is 4.99 Å². The summed E-state index contributed by atoms with van der Waals surface area (Å²) in [4.78, 5) is 7.46. The molecule has 0 aromatic heterocycles. The van der Waals surface area contributed by atoms with Crippen LogP contribution in [0.15, 0.2) is 55.6 Å². The Morgan fingerprint density at radius 3 is 2.00 bits per heavy atom. The van der Waals surface area contributed by atoms with Gasteiger partial charge in [-0.25, -0.2) is 4.99 Å². The summed E-state index contributed by atoms with van der Waals surface area (Å²) in [6.07, 6.45) is 13.8. The van der Waals surface area contributed by atoms with Crippen LogP contribution in [0.1, 0.15) is 38.5 Å². The molecule has 3 heteroatoms. The van der Waals surface area contributed by atoms with Crippen molar-refractivity contribution in [1.29, 1.82) is 0 Å². The van der Waals surface area contributed by atoms with Gasteiger partial charge in [0.15, 0.2) is 5.96 Å². The maximum absolute atomic E-state index is 5.09. The molecule has 0 bridgehead atoms. The Balaban J connectivity index is 2.28. The molecule has 3 nitrogen and oxygen atoms in total. The highest BCUT2D eigenvalue weighted by Gasteiger charge is 2.40. The van der Waals surface area contributed by atoms with Crippen molar-refractivity contribution in [2.75, 3.05) is 13.1 Å². The molecule has 0 radical (unpaired) electrons. The van der Waals surface area contributed by atoms with Gasteiger partial charge >= 0.3 is 0 Å². The molecule has 2 aliphatic rings. The Bertz CT molecular complexity index is 455. The van der Waals surface area contributed by atoms with E-state index < -0.39 is 0 Å². The average Bonchev–Trinajstić information content (AvgIpc) is 2.48. The molecule has 0 unspecified atom stereocenters. The van der Waals surface area contributed by atoms with Gasteiger partial charge in [-0.2, -0.15) is 0 Å². The second kappa shape index (κ2) is 6.99. The Morgan fingerprint density at radius 1 is 0.909 bits per heavy atom. The normalized spacial score (nSPS) is 21.8. The number of hydrogen-bond donors (Lipinski definition) is 1. The molecular weight excluding hydrogens is 270 g/mol. The standard InChI is InChI=1S/C19H29N3/c1-5-9-18(10-6-2)13-15-22-16-14-19(11-7-3,12-8-4)21-17(22)20-18/h5-8H,1-4,9-16H2,(H,20,21). The number of aliphatic imine (C=N–C) groups is 1. The number of hydrogen-bond acceptors (Lipinski definition) is 3. The van der Waals surface area contributed by atoms with Gasteiger partial charge in [-0.3, -0.25) is 0 Å². The van der Waals surface area contributed by atoms with Gasteiger partial charge in [0, 0.05) is 18.6 Å². The van der Waals surface area contributed by atoms with Crippen molar-refractivity contribution in [3.63, 3.8) is 0 Å². The largest absolute Gasteiger partial charge is 0.350 e. The predicted octanol–water partition coefficient (Wildman–Crippen LogP) is 3.82. The minimum atomic E-state index is -0.0756. The molecule has 2 heterocycles. The SMILES string of the molecule is C=CCC1(CC=C)CCN2CCC(CC=C)(CC=C)NC2=N1. The molecule has 0 amide bonds. The molecule has 0 saturated carbocycles. The number of guanidine groups is 1. The first-order chi connectivity index (χ1) is 10.6. The van der Waals surface area contributed by atoms with Crippen LogP contribution in [0.3, 0.4) is 0 Å². The maximum atomic E-state index is 5.09. The molecule has 2 rings (SSSR count). The summed E-state index contributed by atoms with van der Waals surface area (Å²) in [5, 5.41) is 3.71. The van der Waals surface area contributed by atoms with Gasteiger partial charge in [-0.05, 0) is 38.5 Å². The summed E-state index contributed by atoms with van der Waals surface area (Å²) >= 11 is 0. The van der Waals surface area contributed by atoms with Gasteiger partial charge < -0.3 is 10.2 Å². The van der Waals surface area contributed by atoms with Crippen LogP contribution in [0, 0.1) is 0 Å². The fourth-order valence-corrected chi connectivity index (χ4v) is 3.63. The average molecular weight is 299 g/mol. The molecule has 1 N–H and O–H groups in total. The van der Waals surface area contributed by atoms with Crippen LogP contribution in [-0.2, 0) is 0 Å². The number of nitrogens with one attached hydrogen (secondary N) is 1. The van der Waals surface area contributed by atoms with E-state index in [1.54, 1.807) is 0 Å². The molecule has 120 valence electrons. The van der Waals surface area contributed by atoms with Gasteiger partial charge in [-0.1, -0.05) is 24.3 Å². The van der Waals surface area contributed by atoms with Gasteiger partial charge in [0.1, 0.15) is 0 Å². The summed E-state index contributed by atoms with van der Waals surface area (Å²) in [5.41, 5.74) is -0.0575. The van der Waals surface area contributed by atoms with Crippen LogP contribution < -0.4 is 5.32 Å². The van der Waals surface area contributed by atoms with Crippen LogP contribution in [-0.4, -0.2) is 35.0 Å². The summed E-state index contributed by atoms with van der Waals surface area (Å²) in [7, 11) is 0. The summed E-state index contributed by atoms with van der Waals surface area (Å²) < 4.78 is 0. The third kappa shape index (κ3) is 3.34. The van der Waals surface area contributed by atoms with Crippen molar-refractivity contribution in [1.82, 2.24) is 10.2 Å². The zero-order valence-electron chi connectivity index (χ0n) is 13.7. The van der Waals surface area contributed by atoms with E-state index >= 15 is 0 Å². The molecule has 0 aromatic rings. The van der Waals surface area contributed by atoms with E-state index in [0.717, 1.165) is 57.6 Å². The summed E-state index contributed by atoms with van der Waals surface area (Å²) in [6.45, 7) is 17.8. The summed E-state index contributed by atoms with van der Waals surface area (Å²) in [6, 6.07) is 0. The van der Waals surface area contributed by atoms with Gasteiger partial charge in [-0.15, -0.1) is 26.3 Å². The Kier molecular flexibility index (Phi) is 5.28. The van der Waals surface area contributed by atoms with Crippen LogP contribution in [0.25, 0.3) is 0 Å². The topological polar surface area (TPSA) is 27.6 Å². The van der Waals surface area contributed by atoms with Crippen molar-refractivity contribution in [2.45, 2.75) is 49.6 Å². The first-order valence-corrected chi connectivity index (χ1v) is 8.19. The highest BCUT2D eigenvalue weighted by Crippen LogP contribution is 2.34. The molecular formula is C19H29N3. The minimum absolute atomic E-state index is 0.0181. The van der Waals surface area contributed by atoms with E-state index in [1.807, 2.05) is 24.3 Å². The molecule has 0 aromatic carbocycles. The predicted molar refractivity (Wildman–Crippen MR) is 96.1 cm³/mol. The van der Waals surface area contributed by atoms with Crippen LogP contribution >= 0.6 is 0 Å². The first kappa shape index (κ1) is 16.6. The second-order valence-corrected chi connectivity index (χ2v) is 6.52. The zero-order chi connectivity index (χ0) is 16.1. The summed E-state index contributed by atoms with van der Waals surface area (Å²) in [5.74, 6) is 1.03. The third-order valence-electron chi connectivity index (χ3n) is 4.85. The fraction of sp³-hybridized carbons (Fsp3) is 0.526. The van der Waals surface area contributed by atoms with E-state index in [2.05, 4.69) is 36.5 Å². The number of nitrogens with zero attached hydrogens (tertiary/aromatic N) is 2. The maximum Gasteiger partial charge on any atom is 0.194 e. The zero-order valence-corrected chi connectivity index (χ0v) is 13.7. The van der Waals surface area contributed by atoms with E-state index in [0.29, 0.717) is 0 Å². The molecule has 1 saturated heterocycles. The minimum Gasteiger partial charge on any atom is -0.350 e. The molecule has 2 aliphatic heterocycles. The fourth-order valence-electron chi connectivity index (χ4n) is 3.63. The lowest BCUT2D eigenvalue weighted by molar-refractivity contribution is 0.204. The molecule has 1 fully saturated rings. The van der Waals surface area contributed by atoms with Crippen molar-refractivity contribution >= 4 is 5.96 Å². The third-order valence-corrected chi connectivity index (χ3v) is 4.85. The lowest BCUT2D eigenvalue weighted by atomic mass is 9.83. The van der Waals surface area contributed by atoms with Gasteiger partial charge in [0.25, 0.3) is 0 Å². The van der Waals surface area contributed by atoms with Crippen molar-refractivity contribution in [3.05, 3.63) is 50.6 Å². The molecule has 0 aliphatic carbocycles. The van der Waals surface area contributed by atoms with E-state index in [-0.39, 0.29) is 11.1 Å². The smallest absolute Gasteiger partial charge is 0.194 e. The highest BCUT2D eigenvalue weighted by atomic mass is 15.4. The highest BCUT2D eigenvalue weighted by molar-refractivity contribution is 5.83. The quantitative estimate of drug-likeness (QED) is 0.690. The van der Waals surface area contributed by atoms with E-state index in [1.165, 1.54) is 0 Å². The van der Waals surface area contributed by atoms with Crippen LogP contribution in [0.4, 0.5) is 0 Å².